The zero-order valence-corrected chi connectivity index (χ0v) is 22.0. The van der Waals surface area contributed by atoms with E-state index in [0.29, 0.717) is 16.1 Å². The van der Waals surface area contributed by atoms with Gasteiger partial charge in [0, 0.05) is 24.7 Å². The highest BCUT2D eigenvalue weighted by molar-refractivity contribution is 7.88. The fourth-order valence-electron chi connectivity index (χ4n) is 3.81. The number of aliphatic hydroxyl groups excluding tert-OH is 1. The van der Waals surface area contributed by atoms with Gasteiger partial charge in [0.25, 0.3) is 0 Å². The Balaban J connectivity index is 2.00. The maximum atomic E-state index is 13.8. The van der Waals surface area contributed by atoms with Crippen LogP contribution >= 0.6 is 11.6 Å². The third-order valence-electron chi connectivity index (χ3n) is 5.66. The Labute approximate surface area is 222 Å². The van der Waals surface area contributed by atoms with Crippen LogP contribution in [-0.4, -0.2) is 60.5 Å². The molecule has 3 aromatic rings. The molecule has 0 radical (unpaired) electrons. The number of hydrogen-bond donors (Lipinski definition) is 2. The van der Waals surface area contributed by atoms with Crippen LogP contribution in [0.4, 0.5) is 0 Å². The monoisotopic (exact) mass is 543 g/mol. The second-order valence-electron chi connectivity index (χ2n) is 8.49. The SMILES string of the molecule is CS(=O)(=O)N(CC(=O)N(Cc1ccc(Cl)cc1)[C@@H](C(=O)NCCO)c1ccccc1)Cc1ccccc1. The zero-order chi connectivity index (χ0) is 26.8. The first kappa shape index (κ1) is 28.3. The Kier molecular flexibility index (Phi) is 10.2. The number of hydrogen-bond acceptors (Lipinski definition) is 5. The number of carbonyl (C=O) groups excluding carboxylic acids is 2. The predicted octanol–water partition coefficient (Wildman–Crippen LogP) is 2.98. The predicted molar refractivity (Wildman–Crippen MR) is 143 cm³/mol. The van der Waals surface area contributed by atoms with Gasteiger partial charge in [-0.25, -0.2) is 8.42 Å². The van der Waals surface area contributed by atoms with Crippen LogP contribution < -0.4 is 5.32 Å². The van der Waals surface area contributed by atoms with Crippen LogP contribution in [0.25, 0.3) is 0 Å². The molecule has 0 unspecified atom stereocenters. The quantitative estimate of drug-likeness (QED) is 0.365. The molecule has 0 saturated heterocycles. The van der Waals surface area contributed by atoms with Crippen LogP contribution in [0, 0.1) is 0 Å². The summed E-state index contributed by atoms with van der Waals surface area (Å²) < 4.78 is 26.4. The third kappa shape index (κ3) is 8.40. The molecule has 3 aromatic carbocycles. The van der Waals surface area contributed by atoms with Gasteiger partial charge in [-0.15, -0.1) is 0 Å². The van der Waals surface area contributed by atoms with Crippen LogP contribution in [0.3, 0.4) is 0 Å². The molecule has 0 aliphatic rings. The summed E-state index contributed by atoms with van der Waals surface area (Å²) in [6, 6.07) is 23.5. The minimum Gasteiger partial charge on any atom is -0.395 e. The average Bonchev–Trinajstić information content (AvgIpc) is 2.88. The first-order valence-corrected chi connectivity index (χ1v) is 13.9. The van der Waals surface area contributed by atoms with Gasteiger partial charge in [-0.2, -0.15) is 4.31 Å². The smallest absolute Gasteiger partial charge is 0.247 e. The number of sulfonamides is 1. The molecule has 0 aliphatic heterocycles. The summed E-state index contributed by atoms with van der Waals surface area (Å²) in [7, 11) is -3.76. The van der Waals surface area contributed by atoms with E-state index in [0.717, 1.165) is 16.1 Å². The maximum Gasteiger partial charge on any atom is 0.247 e. The fourth-order valence-corrected chi connectivity index (χ4v) is 4.67. The van der Waals surface area contributed by atoms with Crippen LogP contribution in [-0.2, 0) is 32.7 Å². The van der Waals surface area contributed by atoms with Crippen molar-refractivity contribution in [1.82, 2.24) is 14.5 Å². The first-order chi connectivity index (χ1) is 17.7. The lowest BCUT2D eigenvalue weighted by Crippen LogP contribution is -2.48. The van der Waals surface area contributed by atoms with Gasteiger partial charge in [0.1, 0.15) is 6.04 Å². The fraction of sp³-hybridized carbons (Fsp3) is 0.259. The summed E-state index contributed by atoms with van der Waals surface area (Å²) in [5, 5.41) is 12.4. The first-order valence-electron chi connectivity index (χ1n) is 11.7. The number of rotatable bonds is 12. The molecule has 37 heavy (non-hydrogen) atoms. The van der Waals surface area contributed by atoms with Gasteiger partial charge in [-0.05, 0) is 28.8 Å². The minimum atomic E-state index is -3.76. The van der Waals surface area contributed by atoms with Crippen molar-refractivity contribution < 1.29 is 23.1 Å². The number of aliphatic hydroxyl groups is 1. The van der Waals surface area contributed by atoms with Crippen molar-refractivity contribution in [3.8, 4) is 0 Å². The molecule has 0 aromatic heterocycles. The van der Waals surface area contributed by atoms with E-state index in [1.807, 2.05) is 6.07 Å². The lowest BCUT2D eigenvalue weighted by Gasteiger charge is -2.33. The Bertz CT molecular complexity index is 1270. The molecular weight excluding hydrogens is 514 g/mol. The molecule has 2 N–H and O–H groups in total. The van der Waals surface area contributed by atoms with E-state index in [2.05, 4.69) is 5.32 Å². The number of nitrogens with zero attached hydrogens (tertiary/aromatic N) is 2. The number of halogens is 1. The highest BCUT2D eigenvalue weighted by Crippen LogP contribution is 2.25. The van der Waals surface area contributed by atoms with Gasteiger partial charge in [-0.1, -0.05) is 84.4 Å². The summed E-state index contributed by atoms with van der Waals surface area (Å²) in [5.74, 6) is -1.04. The Morgan fingerprint density at radius 2 is 1.46 bits per heavy atom. The third-order valence-corrected chi connectivity index (χ3v) is 7.10. The lowest BCUT2D eigenvalue weighted by atomic mass is 10.0. The summed E-state index contributed by atoms with van der Waals surface area (Å²) in [6.07, 6.45) is 1.05. The number of amides is 2. The van der Waals surface area contributed by atoms with E-state index in [1.165, 1.54) is 4.90 Å². The summed E-state index contributed by atoms with van der Waals surface area (Å²) in [6.45, 7) is -0.679. The Morgan fingerprint density at radius 3 is 2.03 bits per heavy atom. The van der Waals surface area contributed by atoms with Gasteiger partial charge in [0.15, 0.2) is 0 Å². The molecule has 0 aliphatic carbocycles. The Hall–Kier alpha value is -3.24. The second kappa shape index (κ2) is 13.3. The highest BCUT2D eigenvalue weighted by Gasteiger charge is 2.33. The zero-order valence-electron chi connectivity index (χ0n) is 20.5. The Morgan fingerprint density at radius 1 is 0.892 bits per heavy atom. The molecule has 1 atom stereocenters. The largest absolute Gasteiger partial charge is 0.395 e. The molecule has 0 bridgehead atoms. The van der Waals surface area contributed by atoms with E-state index in [9.17, 15) is 23.1 Å². The lowest BCUT2D eigenvalue weighted by molar-refractivity contribution is -0.141. The topological polar surface area (TPSA) is 107 Å². The number of carbonyl (C=O) groups is 2. The van der Waals surface area contributed by atoms with Crippen molar-refractivity contribution in [3.05, 3.63) is 107 Å². The second-order valence-corrected chi connectivity index (χ2v) is 10.9. The van der Waals surface area contributed by atoms with E-state index in [4.69, 9.17) is 11.6 Å². The van der Waals surface area contributed by atoms with E-state index < -0.39 is 34.4 Å². The van der Waals surface area contributed by atoms with Crippen LogP contribution in [0.15, 0.2) is 84.9 Å². The molecule has 0 heterocycles. The van der Waals surface area contributed by atoms with Crippen molar-refractivity contribution >= 4 is 33.4 Å². The van der Waals surface area contributed by atoms with Gasteiger partial charge < -0.3 is 15.3 Å². The van der Waals surface area contributed by atoms with Gasteiger partial charge in [-0.3, -0.25) is 9.59 Å². The van der Waals surface area contributed by atoms with E-state index >= 15 is 0 Å². The van der Waals surface area contributed by atoms with E-state index in [-0.39, 0.29) is 26.2 Å². The molecule has 0 fully saturated rings. The van der Waals surface area contributed by atoms with E-state index in [1.54, 1.807) is 78.9 Å². The van der Waals surface area contributed by atoms with Crippen molar-refractivity contribution in [1.29, 1.82) is 0 Å². The normalized spacial score (nSPS) is 12.2. The standard InChI is InChI=1S/C27H30ClN3O5S/c1-37(35,36)30(18-21-8-4-2-5-9-21)20-25(33)31(19-22-12-14-24(28)15-13-22)26(27(34)29-16-17-32)23-10-6-3-7-11-23/h2-15,26,32H,16-20H2,1H3,(H,29,34)/t26-/m1/s1. The van der Waals surface area contributed by atoms with Crippen LogP contribution in [0.2, 0.25) is 5.02 Å². The number of benzene rings is 3. The average molecular weight is 544 g/mol. The van der Waals surface area contributed by atoms with Gasteiger partial charge in [0.2, 0.25) is 21.8 Å². The van der Waals surface area contributed by atoms with Crippen molar-refractivity contribution in [2.24, 2.45) is 0 Å². The summed E-state index contributed by atoms with van der Waals surface area (Å²) in [5.41, 5.74) is 1.99. The number of nitrogens with one attached hydrogen (secondary N) is 1. The molecule has 196 valence electrons. The molecule has 3 rings (SSSR count). The molecule has 10 heteroatoms. The molecule has 0 spiro atoms. The summed E-state index contributed by atoms with van der Waals surface area (Å²) in [4.78, 5) is 28.5. The molecule has 8 nitrogen and oxygen atoms in total. The van der Waals surface area contributed by atoms with Gasteiger partial charge in [0.05, 0.1) is 19.4 Å². The van der Waals surface area contributed by atoms with Gasteiger partial charge >= 0.3 is 0 Å². The highest BCUT2D eigenvalue weighted by atomic mass is 35.5. The minimum absolute atomic E-state index is 0.00686. The molecule has 2 amide bonds. The van der Waals surface area contributed by atoms with Crippen molar-refractivity contribution in [2.45, 2.75) is 19.1 Å². The van der Waals surface area contributed by atoms with Crippen molar-refractivity contribution in [2.75, 3.05) is 26.0 Å². The summed E-state index contributed by atoms with van der Waals surface area (Å²) >= 11 is 6.03. The molecule has 0 saturated carbocycles. The van der Waals surface area contributed by atoms with Crippen LogP contribution in [0.5, 0.6) is 0 Å². The molecular formula is C27H30ClN3O5S. The van der Waals surface area contributed by atoms with Crippen LogP contribution in [0.1, 0.15) is 22.7 Å². The maximum absolute atomic E-state index is 13.8. The van der Waals surface area contributed by atoms with Crippen molar-refractivity contribution in [3.63, 3.8) is 0 Å².